The zero-order valence-corrected chi connectivity index (χ0v) is 13.4. The van der Waals surface area contributed by atoms with Gasteiger partial charge in [0.15, 0.2) is 0 Å². The van der Waals surface area contributed by atoms with Gasteiger partial charge in [-0.05, 0) is 27.7 Å². The van der Waals surface area contributed by atoms with Crippen molar-refractivity contribution in [3.8, 4) is 0 Å². The Morgan fingerprint density at radius 2 is 1.70 bits per heavy atom. The van der Waals surface area contributed by atoms with Gasteiger partial charge in [-0.25, -0.2) is 0 Å². The van der Waals surface area contributed by atoms with E-state index in [1.165, 1.54) is 0 Å². The van der Waals surface area contributed by atoms with Gasteiger partial charge in [-0.3, -0.25) is 14.6 Å². The predicted octanol–water partition coefficient (Wildman–Crippen LogP) is 0.221. The van der Waals surface area contributed by atoms with Gasteiger partial charge in [0, 0.05) is 57.4 Å². The summed E-state index contributed by atoms with van der Waals surface area (Å²) in [5.74, 6) is 0.272. The molecule has 0 aromatic rings. The molecule has 20 heavy (non-hydrogen) atoms. The van der Waals surface area contributed by atoms with Crippen molar-refractivity contribution in [2.45, 2.75) is 45.8 Å². The monoisotopic (exact) mass is 282 g/mol. The zero-order valence-electron chi connectivity index (χ0n) is 13.4. The summed E-state index contributed by atoms with van der Waals surface area (Å²) in [6.45, 7) is 15.6. The molecule has 2 aliphatic rings. The quantitative estimate of drug-likeness (QED) is 0.783. The van der Waals surface area contributed by atoms with Gasteiger partial charge in [0.1, 0.15) is 0 Å². The molecule has 0 radical (unpaired) electrons. The minimum absolute atomic E-state index is 0.272. The molecule has 0 aromatic carbocycles. The Labute approximate surface area is 123 Å². The molecular weight excluding hydrogens is 252 g/mol. The van der Waals surface area contributed by atoms with Crippen LogP contribution in [-0.4, -0.2) is 84.5 Å². The van der Waals surface area contributed by atoms with Gasteiger partial charge >= 0.3 is 0 Å². The van der Waals surface area contributed by atoms with Crippen molar-refractivity contribution in [1.29, 1.82) is 0 Å². The summed E-state index contributed by atoms with van der Waals surface area (Å²) in [4.78, 5) is 19.2. The van der Waals surface area contributed by atoms with Crippen LogP contribution in [0.3, 0.4) is 0 Å². The Morgan fingerprint density at radius 1 is 1.15 bits per heavy atom. The van der Waals surface area contributed by atoms with Crippen LogP contribution < -0.4 is 5.32 Å². The standard InChI is InChI=1S/C15H30N4O/c1-12(2)19(13(3)4)15(20)11-17-9-14(10-17)18-7-5-16-6-8-18/h12-14,16H,5-11H2,1-4H3. The Bertz CT molecular complexity index is 312. The maximum atomic E-state index is 12.4. The highest BCUT2D eigenvalue weighted by atomic mass is 16.2. The summed E-state index contributed by atoms with van der Waals surface area (Å²) in [7, 11) is 0. The van der Waals surface area contributed by atoms with Crippen molar-refractivity contribution in [2.75, 3.05) is 45.8 Å². The van der Waals surface area contributed by atoms with Gasteiger partial charge < -0.3 is 10.2 Å². The number of amides is 1. The molecule has 2 fully saturated rings. The third-order valence-corrected chi connectivity index (χ3v) is 4.37. The summed E-state index contributed by atoms with van der Waals surface area (Å²) < 4.78 is 0. The number of rotatable bonds is 5. The van der Waals surface area contributed by atoms with Gasteiger partial charge in [0.25, 0.3) is 0 Å². The lowest BCUT2D eigenvalue weighted by atomic mass is 10.1. The van der Waals surface area contributed by atoms with E-state index in [9.17, 15) is 4.79 Å². The average Bonchev–Trinajstić information content (AvgIpc) is 2.33. The Balaban J connectivity index is 1.74. The maximum Gasteiger partial charge on any atom is 0.237 e. The molecule has 0 aromatic heterocycles. The Hall–Kier alpha value is -0.650. The van der Waals surface area contributed by atoms with Crippen molar-refractivity contribution >= 4 is 5.91 Å². The van der Waals surface area contributed by atoms with E-state index < -0.39 is 0 Å². The number of hydrogen-bond donors (Lipinski definition) is 1. The van der Waals surface area contributed by atoms with Gasteiger partial charge in [-0.1, -0.05) is 0 Å². The van der Waals surface area contributed by atoms with Crippen LogP contribution in [0.1, 0.15) is 27.7 Å². The molecule has 116 valence electrons. The third-order valence-electron chi connectivity index (χ3n) is 4.37. The molecule has 1 amide bonds. The van der Waals surface area contributed by atoms with Crippen LogP contribution in [0.5, 0.6) is 0 Å². The van der Waals surface area contributed by atoms with E-state index in [-0.39, 0.29) is 18.0 Å². The average molecular weight is 282 g/mol. The number of likely N-dealkylation sites (tertiary alicyclic amines) is 1. The van der Waals surface area contributed by atoms with Crippen molar-refractivity contribution < 1.29 is 4.79 Å². The van der Waals surface area contributed by atoms with Crippen LogP contribution in [0.4, 0.5) is 0 Å². The largest absolute Gasteiger partial charge is 0.337 e. The van der Waals surface area contributed by atoms with Crippen molar-refractivity contribution in [3.63, 3.8) is 0 Å². The first-order valence-corrected chi connectivity index (χ1v) is 7.97. The van der Waals surface area contributed by atoms with E-state index >= 15 is 0 Å². The summed E-state index contributed by atoms with van der Waals surface area (Å²) >= 11 is 0. The fourth-order valence-electron chi connectivity index (χ4n) is 3.40. The summed E-state index contributed by atoms with van der Waals surface area (Å²) in [6.07, 6.45) is 0. The van der Waals surface area contributed by atoms with Crippen LogP contribution in [-0.2, 0) is 4.79 Å². The third kappa shape index (κ3) is 3.71. The molecule has 0 saturated carbocycles. The Morgan fingerprint density at radius 3 is 2.20 bits per heavy atom. The smallest absolute Gasteiger partial charge is 0.237 e. The number of hydrogen-bond acceptors (Lipinski definition) is 4. The fraction of sp³-hybridized carbons (Fsp3) is 0.933. The SMILES string of the molecule is CC(C)N(C(=O)CN1CC(N2CCNCC2)C1)C(C)C. The lowest BCUT2D eigenvalue weighted by Crippen LogP contribution is -2.64. The molecule has 2 heterocycles. The van der Waals surface area contributed by atoms with E-state index in [4.69, 9.17) is 0 Å². The van der Waals surface area contributed by atoms with E-state index in [1.54, 1.807) is 0 Å². The highest BCUT2D eigenvalue weighted by molar-refractivity contribution is 5.79. The molecule has 5 heteroatoms. The maximum absolute atomic E-state index is 12.4. The van der Waals surface area contributed by atoms with Crippen LogP contribution in [0.25, 0.3) is 0 Å². The minimum atomic E-state index is 0.272. The predicted molar refractivity (Wildman–Crippen MR) is 81.8 cm³/mol. The number of nitrogens with one attached hydrogen (secondary N) is 1. The number of carbonyl (C=O) groups is 1. The molecular formula is C15H30N4O. The van der Waals surface area contributed by atoms with Crippen LogP contribution in [0, 0.1) is 0 Å². The second kappa shape index (κ2) is 6.87. The lowest BCUT2D eigenvalue weighted by molar-refractivity contribution is -0.138. The lowest BCUT2D eigenvalue weighted by Gasteiger charge is -2.47. The van der Waals surface area contributed by atoms with Crippen LogP contribution >= 0.6 is 0 Å². The highest BCUT2D eigenvalue weighted by Crippen LogP contribution is 2.16. The van der Waals surface area contributed by atoms with Crippen molar-refractivity contribution in [2.24, 2.45) is 0 Å². The number of piperazine rings is 1. The Kier molecular flexibility index (Phi) is 5.41. The fourth-order valence-corrected chi connectivity index (χ4v) is 3.40. The van der Waals surface area contributed by atoms with Crippen LogP contribution in [0.15, 0.2) is 0 Å². The van der Waals surface area contributed by atoms with Gasteiger partial charge in [-0.2, -0.15) is 0 Å². The van der Waals surface area contributed by atoms with E-state index in [0.717, 1.165) is 39.3 Å². The molecule has 0 atom stereocenters. The highest BCUT2D eigenvalue weighted by Gasteiger charge is 2.34. The summed E-state index contributed by atoms with van der Waals surface area (Å²) in [5, 5.41) is 3.38. The molecule has 2 aliphatic heterocycles. The second-order valence-electron chi connectivity index (χ2n) is 6.62. The van der Waals surface area contributed by atoms with Gasteiger partial charge in [0.05, 0.1) is 6.54 Å². The molecule has 2 rings (SSSR count). The normalized spacial score (nSPS) is 22.3. The second-order valence-corrected chi connectivity index (χ2v) is 6.62. The molecule has 0 spiro atoms. The summed E-state index contributed by atoms with van der Waals surface area (Å²) in [5.41, 5.74) is 0. The van der Waals surface area contributed by atoms with E-state index in [2.05, 4.69) is 42.8 Å². The van der Waals surface area contributed by atoms with Gasteiger partial charge in [-0.15, -0.1) is 0 Å². The van der Waals surface area contributed by atoms with Crippen molar-refractivity contribution in [1.82, 2.24) is 20.0 Å². The van der Waals surface area contributed by atoms with E-state index in [0.29, 0.717) is 12.6 Å². The van der Waals surface area contributed by atoms with Crippen molar-refractivity contribution in [3.05, 3.63) is 0 Å². The van der Waals surface area contributed by atoms with Crippen LogP contribution in [0.2, 0.25) is 0 Å². The summed E-state index contributed by atoms with van der Waals surface area (Å²) in [6, 6.07) is 1.23. The van der Waals surface area contributed by atoms with Gasteiger partial charge in [0.2, 0.25) is 5.91 Å². The number of carbonyl (C=O) groups excluding carboxylic acids is 1. The molecule has 2 saturated heterocycles. The zero-order chi connectivity index (χ0) is 14.7. The minimum Gasteiger partial charge on any atom is -0.337 e. The molecule has 0 aliphatic carbocycles. The first kappa shape index (κ1) is 15.7. The molecule has 5 nitrogen and oxygen atoms in total. The van der Waals surface area contributed by atoms with E-state index in [1.807, 2.05) is 4.90 Å². The topological polar surface area (TPSA) is 38.8 Å². The number of nitrogens with zero attached hydrogens (tertiary/aromatic N) is 3. The first-order valence-electron chi connectivity index (χ1n) is 7.97. The molecule has 0 bridgehead atoms. The first-order chi connectivity index (χ1) is 9.49. The molecule has 1 N–H and O–H groups in total. The molecule has 0 unspecified atom stereocenters.